The number of hydrogen-bond acceptors (Lipinski definition) is 4. The van der Waals surface area contributed by atoms with Crippen LogP contribution in [0, 0.1) is 17.2 Å². The number of hydrogen-bond donors (Lipinski definition) is 1. The van der Waals surface area contributed by atoms with Gasteiger partial charge in [0.15, 0.2) is 0 Å². The Bertz CT molecular complexity index is 730. The van der Waals surface area contributed by atoms with Gasteiger partial charge in [-0.05, 0) is 36.8 Å². The van der Waals surface area contributed by atoms with Gasteiger partial charge in [0.25, 0.3) is 5.91 Å². The van der Waals surface area contributed by atoms with Gasteiger partial charge in [-0.15, -0.1) is 0 Å². The number of nitrogens with zero attached hydrogens (tertiary/aromatic N) is 3. The summed E-state index contributed by atoms with van der Waals surface area (Å²) in [7, 11) is 1.89. The molecule has 0 unspecified atom stereocenters. The maximum atomic E-state index is 12.2. The molecule has 0 bridgehead atoms. The third-order valence-electron chi connectivity index (χ3n) is 4.17. The number of carbonyl (C=O) groups excluding carboxylic acids is 1. The highest BCUT2D eigenvalue weighted by atomic mass is 16.5. The van der Waals surface area contributed by atoms with E-state index in [1.807, 2.05) is 23.9 Å². The highest BCUT2D eigenvalue weighted by molar-refractivity contribution is 5.94. The van der Waals surface area contributed by atoms with Gasteiger partial charge in [-0.25, -0.2) is 0 Å². The van der Waals surface area contributed by atoms with Crippen molar-refractivity contribution in [3.05, 3.63) is 53.3 Å². The van der Waals surface area contributed by atoms with E-state index in [1.165, 1.54) is 0 Å². The molecule has 0 aliphatic carbocycles. The van der Waals surface area contributed by atoms with Crippen molar-refractivity contribution < 1.29 is 9.53 Å². The Labute approximate surface area is 134 Å². The van der Waals surface area contributed by atoms with E-state index in [2.05, 4.69) is 10.4 Å². The molecular formula is C17H18N4O2. The highest BCUT2D eigenvalue weighted by Crippen LogP contribution is 2.33. The minimum Gasteiger partial charge on any atom is -0.372 e. The van der Waals surface area contributed by atoms with Crippen LogP contribution >= 0.6 is 0 Å². The van der Waals surface area contributed by atoms with Crippen LogP contribution in [0.4, 0.5) is 0 Å². The Kier molecular flexibility index (Phi) is 4.40. The number of benzene rings is 1. The first-order valence-corrected chi connectivity index (χ1v) is 7.57. The molecule has 6 nitrogen and oxygen atoms in total. The summed E-state index contributed by atoms with van der Waals surface area (Å²) < 4.78 is 7.62. The molecule has 1 saturated heterocycles. The average Bonchev–Trinajstić information content (AvgIpc) is 3.20. The second-order valence-electron chi connectivity index (χ2n) is 5.62. The monoisotopic (exact) mass is 310 g/mol. The molecule has 3 rings (SSSR count). The van der Waals surface area contributed by atoms with Gasteiger partial charge in [0.2, 0.25) is 0 Å². The van der Waals surface area contributed by atoms with Crippen molar-refractivity contribution in [1.82, 2.24) is 15.1 Å². The summed E-state index contributed by atoms with van der Waals surface area (Å²) in [4.78, 5) is 12.2. The summed E-state index contributed by atoms with van der Waals surface area (Å²) in [5.74, 6) is 0.0953. The van der Waals surface area contributed by atoms with Gasteiger partial charge in [-0.2, -0.15) is 10.4 Å². The molecule has 1 aromatic heterocycles. The van der Waals surface area contributed by atoms with Gasteiger partial charge in [-0.3, -0.25) is 9.48 Å². The molecule has 1 aromatic carbocycles. The molecule has 0 spiro atoms. The second kappa shape index (κ2) is 6.63. The lowest BCUT2D eigenvalue weighted by Crippen LogP contribution is -2.31. The highest BCUT2D eigenvalue weighted by Gasteiger charge is 2.31. The summed E-state index contributed by atoms with van der Waals surface area (Å²) in [5.41, 5.74) is 2.13. The molecule has 1 fully saturated rings. The number of ether oxygens (including phenoxy) is 1. The number of nitrogens with one attached hydrogen (secondary N) is 1. The van der Waals surface area contributed by atoms with Crippen LogP contribution in [0.15, 0.2) is 36.5 Å². The topological polar surface area (TPSA) is 79.9 Å². The number of rotatable bonds is 4. The maximum absolute atomic E-state index is 12.2. The van der Waals surface area contributed by atoms with Gasteiger partial charge in [0.05, 0.1) is 17.3 Å². The fourth-order valence-electron chi connectivity index (χ4n) is 2.86. The quantitative estimate of drug-likeness (QED) is 0.934. The summed E-state index contributed by atoms with van der Waals surface area (Å²) in [6.07, 6.45) is 2.62. The minimum absolute atomic E-state index is 0.0382. The summed E-state index contributed by atoms with van der Waals surface area (Å²) in [6, 6.07) is 10.6. The number of nitriles is 1. The van der Waals surface area contributed by atoms with Crippen molar-refractivity contribution in [1.29, 1.82) is 5.26 Å². The van der Waals surface area contributed by atoms with E-state index >= 15 is 0 Å². The number of aromatic nitrogens is 2. The van der Waals surface area contributed by atoms with Crippen LogP contribution in [0.3, 0.4) is 0 Å². The molecule has 23 heavy (non-hydrogen) atoms. The lowest BCUT2D eigenvalue weighted by Gasteiger charge is -2.19. The minimum atomic E-state index is -0.134. The zero-order valence-electron chi connectivity index (χ0n) is 12.9. The maximum Gasteiger partial charge on any atom is 0.251 e. The molecule has 0 radical (unpaired) electrons. The number of carbonyl (C=O) groups is 1. The smallest absolute Gasteiger partial charge is 0.251 e. The van der Waals surface area contributed by atoms with Crippen molar-refractivity contribution in [3.8, 4) is 6.07 Å². The van der Waals surface area contributed by atoms with E-state index in [-0.39, 0.29) is 17.9 Å². The van der Waals surface area contributed by atoms with E-state index in [4.69, 9.17) is 10.00 Å². The van der Waals surface area contributed by atoms with E-state index in [9.17, 15) is 4.79 Å². The molecular weight excluding hydrogens is 292 g/mol. The first kappa shape index (κ1) is 15.3. The van der Waals surface area contributed by atoms with Gasteiger partial charge >= 0.3 is 0 Å². The largest absolute Gasteiger partial charge is 0.372 e. The van der Waals surface area contributed by atoms with Gasteiger partial charge in [0, 0.05) is 37.9 Å². The predicted octanol–water partition coefficient (Wildman–Crippen LogP) is 1.80. The zero-order valence-corrected chi connectivity index (χ0v) is 12.9. The zero-order chi connectivity index (χ0) is 16.2. The molecule has 2 atom stereocenters. The van der Waals surface area contributed by atoms with Crippen molar-refractivity contribution in [2.45, 2.75) is 12.5 Å². The van der Waals surface area contributed by atoms with Gasteiger partial charge in [-0.1, -0.05) is 0 Å². The molecule has 0 saturated carbocycles. The molecule has 1 aliphatic rings. The summed E-state index contributed by atoms with van der Waals surface area (Å²) in [6.45, 7) is 1.24. The van der Waals surface area contributed by atoms with Crippen LogP contribution < -0.4 is 5.32 Å². The lowest BCUT2D eigenvalue weighted by atomic mass is 9.98. The third-order valence-corrected chi connectivity index (χ3v) is 4.17. The SMILES string of the molecule is Cn1nccc1[C@@H]1OCC[C@H]1CNC(=O)c1ccc(C#N)cc1. The van der Waals surface area contributed by atoms with E-state index < -0.39 is 0 Å². The van der Waals surface area contributed by atoms with Crippen LogP contribution in [-0.4, -0.2) is 28.8 Å². The van der Waals surface area contributed by atoms with Gasteiger partial charge < -0.3 is 10.1 Å². The molecule has 1 amide bonds. The second-order valence-corrected chi connectivity index (χ2v) is 5.62. The first-order chi connectivity index (χ1) is 11.2. The third kappa shape index (κ3) is 3.25. The predicted molar refractivity (Wildman–Crippen MR) is 83.5 cm³/mol. The van der Waals surface area contributed by atoms with Crippen molar-refractivity contribution in [3.63, 3.8) is 0 Å². The van der Waals surface area contributed by atoms with Crippen molar-refractivity contribution >= 4 is 5.91 Å². The van der Waals surface area contributed by atoms with Crippen LogP contribution in [-0.2, 0) is 11.8 Å². The fourth-order valence-corrected chi connectivity index (χ4v) is 2.86. The molecule has 1 N–H and O–H groups in total. The molecule has 6 heteroatoms. The summed E-state index contributed by atoms with van der Waals surface area (Å²) in [5, 5.41) is 15.9. The van der Waals surface area contributed by atoms with Crippen LogP contribution in [0.2, 0.25) is 0 Å². The van der Waals surface area contributed by atoms with Crippen LogP contribution in [0.5, 0.6) is 0 Å². The molecule has 2 aromatic rings. The Morgan fingerprint density at radius 2 is 2.22 bits per heavy atom. The van der Waals surface area contributed by atoms with E-state index in [1.54, 1.807) is 30.5 Å². The van der Waals surface area contributed by atoms with Crippen LogP contribution in [0.25, 0.3) is 0 Å². The van der Waals surface area contributed by atoms with Gasteiger partial charge in [0.1, 0.15) is 6.10 Å². The first-order valence-electron chi connectivity index (χ1n) is 7.57. The standard InChI is InChI=1S/C17H18N4O2/c1-21-15(6-8-20-21)16-14(7-9-23-16)11-19-17(22)13-4-2-12(10-18)3-5-13/h2-6,8,14,16H,7,9,11H2,1H3,(H,19,22)/t14-,16+/m0/s1. The van der Waals surface area contributed by atoms with E-state index in [0.29, 0.717) is 24.3 Å². The summed E-state index contributed by atoms with van der Waals surface area (Å²) >= 11 is 0. The number of aryl methyl sites for hydroxylation is 1. The average molecular weight is 310 g/mol. The molecule has 118 valence electrons. The van der Waals surface area contributed by atoms with Crippen molar-refractivity contribution in [2.24, 2.45) is 13.0 Å². The Morgan fingerprint density at radius 3 is 2.87 bits per heavy atom. The molecule has 1 aliphatic heterocycles. The van der Waals surface area contributed by atoms with E-state index in [0.717, 1.165) is 12.1 Å². The van der Waals surface area contributed by atoms with Crippen LogP contribution in [0.1, 0.15) is 34.1 Å². The lowest BCUT2D eigenvalue weighted by molar-refractivity contribution is 0.0801. The van der Waals surface area contributed by atoms with Crippen molar-refractivity contribution in [2.75, 3.05) is 13.2 Å². The molecule has 2 heterocycles. The Balaban J connectivity index is 1.62. The normalized spacial score (nSPS) is 20.2. The Morgan fingerprint density at radius 1 is 1.43 bits per heavy atom. The fraction of sp³-hybridized carbons (Fsp3) is 0.353. The number of amides is 1. The Hall–Kier alpha value is -2.65.